The summed E-state index contributed by atoms with van der Waals surface area (Å²) in [6, 6.07) is 5.48. The van der Waals surface area contributed by atoms with Gasteiger partial charge in [-0.05, 0) is 61.6 Å². The molecule has 118 valence electrons. The second kappa shape index (κ2) is 7.17. The van der Waals surface area contributed by atoms with E-state index >= 15 is 0 Å². The minimum Gasteiger partial charge on any atom is -0.399 e. The molecule has 21 heavy (non-hydrogen) atoms. The molecule has 1 aliphatic rings. The van der Waals surface area contributed by atoms with Crippen molar-refractivity contribution in [2.75, 3.05) is 12.3 Å². The largest absolute Gasteiger partial charge is 0.399 e. The standard InChI is InChI=1S/C17H26N2O.ClH/c1-12-4-5-14(18)10-15(12)16(20)19-11-13-6-8-17(2,3)9-7-13;/h4-5,10,13H,6-9,11,18H2,1-3H3,(H,19,20);1H. The molecule has 3 N–H and O–H groups in total. The number of nitrogens with one attached hydrogen (secondary N) is 1. The van der Waals surface area contributed by atoms with E-state index in [2.05, 4.69) is 19.2 Å². The molecule has 3 nitrogen and oxygen atoms in total. The molecule has 1 fully saturated rings. The highest BCUT2D eigenvalue weighted by Gasteiger charge is 2.26. The predicted octanol–water partition coefficient (Wildman–Crippen LogP) is 3.95. The SMILES string of the molecule is Cc1ccc(N)cc1C(=O)NCC1CCC(C)(C)CC1.Cl. The first-order valence-electron chi connectivity index (χ1n) is 7.52. The number of anilines is 1. The zero-order valence-corrected chi connectivity index (χ0v) is 14.1. The Balaban J connectivity index is 0.00000220. The number of halogens is 1. The summed E-state index contributed by atoms with van der Waals surface area (Å²) < 4.78 is 0. The van der Waals surface area contributed by atoms with E-state index in [1.54, 1.807) is 6.07 Å². The first-order chi connectivity index (χ1) is 9.37. The third-order valence-electron chi connectivity index (χ3n) is 4.52. The van der Waals surface area contributed by atoms with Crippen LogP contribution in [-0.4, -0.2) is 12.5 Å². The molecule has 0 saturated heterocycles. The lowest BCUT2D eigenvalue weighted by Crippen LogP contribution is -2.33. The van der Waals surface area contributed by atoms with Gasteiger partial charge in [-0.3, -0.25) is 4.79 Å². The van der Waals surface area contributed by atoms with Crippen LogP contribution in [0.3, 0.4) is 0 Å². The Labute approximate surface area is 134 Å². The maximum atomic E-state index is 12.2. The second-order valence-electron chi connectivity index (χ2n) is 6.89. The smallest absolute Gasteiger partial charge is 0.251 e. The van der Waals surface area contributed by atoms with Crippen molar-refractivity contribution in [3.8, 4) is 0 Å². The number of nitrogens with two attached hydrogens (primary N) is 1. The van der Waals surface area contributed by atoms with Crippen molar-refractivity contribution >= 4 is 24.0 Å². The van der Waals surface area contributed by atoms with Crippen LogP contribution in [0.1, 0.15) is 55.5 Å². The van der Waals surface area contributed by atoms with Crippen LogP contribution < -0.4 is 11.1 Å². The molecule has 1 aromatic carbocycles. The fourth-order valence-corrected chi connectivity index (χ4v) is 2.88. The third kappa shape index (κ3) is 4.92. The fourth-order valence-electron chi connectivity index (χ4n) is 2.88. The van der Waals surface area contributed by atoms with Gasteiger partial charge < -0.3 is 11.1 Å². The lowest BCUT2D eigenvalue weighted by atomic mass is 9.73. The number of hydrogen-bond acceptors (Lipinski definition) is 2. The van der Waals surface area contributed by atoms with Crippen LogP contribution in [0.5, 0.6) is 0 Å². The molecule has 0 bridgehead atoms. The molecule has 1 amide bonds. The quantitative estimate of drug-likeness (QED) is 0.831. The van der Waals surface area contributed by atoms with Crippen LogP contribution in [0.2, 0.25) is 0 Å². The van der Waals surface area contributed by atoms with E-state index in [-0.39, 0.29) is 18.3 Å². The van der Waals surface area contributed by atoms with Gasteiger partial charge in [0.2, 0.25) is 0 Å². The van der Waals surface area contributed by atoms with Crippen LogP contribution in [0, 0.1) is 18.3 Å². The van der Waals surface area contributed by atoms with Gasteiger partial charge >= 0.3 is 0 Å². The average molecular weight is 311 g/mol. The molecule has 0 spiro atoms. The molecule has 0 aliphatic heterocycles. The summed E-state index contributed by atoms with van der Waals surface area (Å²) in [6.07, 6.45) is 4.93. The highest BCUT2D eigenvalue weighted by Crippen LogP contribution is 2.37. The summed E-state index contributed by atoms with van der Waals surface area (Å²) in [6.45, 7) is 7.39. The van der Waals surface area contributed by atoms with Crippen molar-refractivity contribution in [2.24, 2.45) is 11.3 Å². The monoisotopic (exact) mass is 310 g/mol. The Hall–Kier alpha value is -1.22. The average Bonchev–Trinajstić information content (AvgIpc) is 2.40. The van der Waals surface area contributed by atoms with Gasteiger partial charge in [0.15, 0.2) is 0 Å². The number of benzene rings is 1. The number of aryl methyl sites for hydroxylation is 1. The van der Waals surface area contributed by atoms with Crippen molar-refractivity contribution < 1.29 is 4.79 Å². The number of carbonyl (C=O) groups excluding carboxylic acids is 1. The molecular weight excluding hydrogens is 284 g/mol. The molecule has 2 rings (SSSR count). The minimum atomic E-state index is -0.000339. The fraction of sp³-hybridized carbons (Fsp3) is 0.588. The van der Waals surface area contributed by atoms with Gasteiger partial charge in [-0.25, -0.2) is 0 Å². The van der Waals surface area contributed by atoms with Crippen LogP contribution >= 0.6 is 12.4 Å². The van der Waals surface area contributed by atoms with E-state index in [9.17, 15) is 4.79 Å². The first-order valence-corrected chi connectivity index (χ1v) is 7.52. The molecule has 0 radical (unpaired) electrons. The van der Waals surface area contributed by atoms with Gasteiger partial charge in [0.1, 0.15) is 0 Å². The Morgan fingerprint density at radius 2 is 1.95 bits per heavy atom. The summed E-state index contributed by atoms with van der Waals surface area (Å²) >= 11 is 0. The molecule has 0 atom stereocenters. The van der Waals surface area contributed by atoms with Crippen molar-refractivity contribution in [3.05, 3.63) is 29.3 Å². The summed E-state index contributed by atoms with van der Waals surface area (Å²) in [5.41, 5.74) is 8.54. The van der Waals surface area contributed by atoms with E-state index < -0.39 is 0 Å². The van der Waals surface area contributed by atoms with Gasteiger partial charge in [-0.15, -0.1) is 12.4 Å². The topological polar surface area (TPSA) is 55.1 Å². The van der Waals surface area contributed by atoms with Gasteiger partial charge in [-0.1, -0.05) is 19.9 Å². The summed E-state index contributed by atoms with van der Waals surface area (Å²) in [4.78, 5) is 12.2. The molecular formula is C17H27ClN2O. The Morgan fingerprint density at radius 1 is 1.33 bits per heavy atom. The zero-order valence-electron chi connectivity index (χ0n) is 13.2. The van der Waals surface area contributed by atoms with Gasteiger partial charge in [0.05, 0.1) is 0 Å². The van der Waals surface area contributed by atoms with Crippen LogP contribution in [0.15, 0.2) is 18.2 Å². The Morgan fingerprint density at radius 3 is 2.57 bits per heavy atom. The Bertz CT molecular complexity index is 490. The summed E-state index contributed by atoms with van der Waals surface area (Å²) in [7, 11) is 0. The molecule has 1 aromatic rings. The first kappa shape index (κ1) is 17.8. The van der Waals surface area contributed by atoms with Gasteiger partial charge in [0, 0.05) is 17.8 Å². The maximum absolute atomic E-state index is 12.2. The molecule has 0 aromatic heterocycles. The van der Waals surface area contributed by atoms with Crippen molar-refractivity contribution in [2.45, 2.75) is 46.5 Å². The molecule has 1 aliphatic carbocycles. The lowest BCUT2D eigenvalue weighted by Gasteiger charge is -2.34. The van der Waals surface area contributed by atoms with E-state index in [1.807, 2.05) is 19.1 Å². The van der Waals surface area contributed by atoms with Crippen LogP contribution in [-0.2, 0) is 0 Å². The van der Waals surface area contributed by atoms with E-state index in [4.69, 9.17) is 5.73 Å². The molecule has 0 unspecified atom stereocenters. The number of nitrogen functional groups attached to an aromatic ring is 1. The van der Waals surface area contributed by atoms with Crippen molar-refractivity contribution in [1.29, 1.82) is 0 Å². The molecule has 1 saturated carbocycles. The van der Waals surface area contributed by atoms with Gasteiger partial charge in [0.25, 0.3) is 5.91 Å². The number of carbonyl (C=O) groups is 1. The lowest BCUT2D eigenvalue weighted by molar-refractivity contribution is 0.0935. The van der Waals surface area contributed by atoms with Crippen molar-refractivity contribution in [3.63, 3.8) is 0 Å². The summed E-state index contributed by atoms with van der Waals surface area (Å²) in [5, 5.41) is 3.07. The second-order valence-corrected chi connectivity index (χ2v) is 6.89. The van der Waals surface area contributed by atoms with Crippen LogP contribution in [0.25, 0.3) is 0 Å². The van der Waals surface area contributed by atoms with E-state index in [0.717, 1.165) is 12.1 Å². The molecule has 0 heterocycles. The highest BCUT2D eigenvalue weighted by molar-refractivity contribution is 5.96. The zero-order chi connectivity index (χ0) is 14.8. The van der Waals surface area contributed by atoms with Crippen molar-refractivity contribution in [1.82, 2.24) is 5.32 Å². The van der Waals surface area contributed by atoms with Gasteiger partial charge in [-0.2, -0.15) is 0 Å². The molecule has 4 heteroatoms. The van der Waals surface area contributed by atoms with E-state index in [1.165, 1.54) is 25.7 Å². The normalized spacial score (nSPS) is 17.9. The Kier molecular flexibility index (Phi) is 6.09. The number of hydrogen-bond donors (Lipinski definition) is 2. The summed E-state index contributed by atoms with van der Waals surface area (Å²) in [5.74, 6) is 0.618. The minimum absolute atomic E-state index is 0. The third-order valence-corrected chi connectivity index (χ3v) is 4.52. The maximum Gasteiger partial charge on any atom is 0.251 e. The van der Waals surface area contributed by atoms with E-state index in [0.29, 0.717) is 22.6 Å². The number of amides is 1. The van der Waals surface area contributed by atoms with Crippen LogP contribution in [0.4, 0.5) is 5.69 Å². The highest BCUT2D eigenvalue weighted by atomic mass is 35.5. The number of rotatable bonds is 3. The predicted molar refractivity (Wildman–Crippen MR) is 90.9 cm³/mol.